The Morgan fingerprint density at radius 3 is 2.23 bits per heavy atom. The number of hydrogen-bond acceptors (Lipinski definition) is 3. The molecule has 2 aliphatic rings. The van der Waals surface area contributed by atoms with Crippen LogP contribution in [0.4, 0.5) is 0 Å². The molecule has 1 saturated heterocycles. The lowest BCUT2D eigenvalue weighted by Gasteiger charge is -2.30. The SMILES string of the molecule is COc1cc(C[NH+]2CC[NH+](Cc3ccc(Br)cc3)CC2)cc2c1OCO2. The molecule has 0 amide bonds. The molecule has 6 heteroatoms. The maximum absolute atomic E-state index is 5.54. The average Bonchev–Trinajstić information content (AvgIpc) is 3.13. The van der Waals surface area contributed by atoms with Gasteiger partial charge in [-0.2, -0.15) is 0 Å². The summed E-state index contributed by atoms with van der Waals surface area (Å²) in [6.45, 7) is 7.16. The molecular formula is C20H25BrN2O3+2. The van der Waals surface area contributed by atoms with Crippen molar-refractivity contribution in [2.24, 2.45) is 0 Å². The van der Waals surface area contributed by atoms with E-state index in [1.165, 1.54) is 37.3 Å². The molecule has 2 N–H and O–H groups in total. The van der Waals surface area contributed by atoms with E-state index in [2.05, 4.69) is 52.3 Å². The van der Waals surface area contributed by atoms with Gasteiger partial charge in [0.15, 0.2) is 11.5 Å². The first-order valence-corrected chi connectivity index (χ1v) is 9.88. The number of hydrogen-bond donors (Lipinski definition) is 2. The number of ether oxygens (including phenoxy) is 3. The van der Waals surface area contributed by atoms with Crippen LogP contribution in [0.25, 0.3) is 0 Å². The number of nitrogens with one attached hydrogen (secondary N) is 2. The summed E-state index contributed by atoms with van der Waals surface area (Å²) < 4.78 is 17.6. The highest BCUT2D eigenvalue weighted by molar-refractivity contribution is 9.10. The normalized spacial score (nSPS) is 21.6. The Morgan fingerprint density at radius 2 is 1.58 bits per heavy atom. The van der Waals surface area contributed by atoms with Gasteiger partial charge >= 0.3 is 0 Å². The van der Waals surface area contributed by atoms with E-state index < -0.39 is 0 Å². The van der Waals surface area contributed by atoms with Gasteiger partial charge in [0.25, 0.3) is 0 Å². The molecule has 0 bridgehead atoms. The third-order valence-corrected chi connectivity index (χ3v) is 5.73. The maximum atomic E-state index is 5.54. The van der Waals surface area contributed by atoms with Crippen molar-refractivity contribution in [3.63, 3.8) is 0 Å². The zero-order valence-corrected chi connectivity index (χ0v) is 16.6. The molecule has 0 radical (unpaired) electrons. The Balaban J connectivity index is 1.33. The van der Waals surface area contributed by atoms with Crippen LogP contribution in [0.5, 0.6) is 17.2 Å². The fourth-order valence-electron chi connectivity index (χ4n) is 3.78. The quantitative estimate of drug-likeness (QED) is 0.746. The van der Waals surface area contributed by atoms with Gasteiger partial charge in [0.05, 0.1) is 7.11 Å². The van der Waals surface area contributed by atoms with Crippen LogP contribution in [0.15, 0.2) is 40.9 Å². The van der Waals surface area contributed by atoms with Crippen molar-refractivity contribution >= 4 is 15.9 Å². The van der Waals surface area contributed by atoms with Crippen LogP contribution in [0, 0.1) is 0 Å². The van der Waals surface area contributed by atoms with Crippen LogP contribution in [0.1, 0.15) is 11.1 Å². The Bertz CT molecular complexity index is 758. The first-order chi connectivity index (χ1) is 12.7. The van der Waals surface area contributed by atoms with Crippen LogP contribution in [-0.2, 0) is 13.1 Å². The minimum atomic E-state index is 0.278. The number of benzene rings is 2. The van der Waals surface area contributed by atoms with E-state index in [1.54, 1.807) is 16.9 Å². The fourth-order valence-corrected chi connectivity index (χ4v) is 4.04. The van der Waals surface area contributed by atoms with Crippen LogP contribution in [0.3, 0.4) is 0 Å². The molecular weight excluding hydrogens is 396 g/mol. The number of quaternary nitrogens is 2. The lowest BCUT2D eigenvalue weighted by atomic mass is 10.1. The molecule has 1 fully saturated rings. The van der Waals surface area contributed by atoms with E-state index in [0.717, 1.165) is 34.8 Å². The van der Waals surface area contributed by atoms with Crippen molar-refractivity contribution in [1.82, 2.24) is 0 Å². The molecule has 5 nitrogen and oxygen atoms in total. The predicted octanol–water partition coefficient (Wildman–Crippen LogP) is 0.670. The minimum Gasteiger partial charge on any atom is -0.493 e. The van der Waals surface area contributed by atoms with Gasteiger partial charge in [-0.25, -0.2) is 0 Å². The zero-order chi connectivity index (χ0) is 17.9. The zero-order valence-electron chi connectivity index (χ0n) is 15.0. The first kappa shape index (κ1) is 17.6. The standard InChI is InChI=1S/C20H23BrN2O3/c1-24-18-10-16(11-19-20(18)26-14-25-19)13-23-8-6-22(7-9-23)12-15-2-4-17(21)5-3-15/h2-5,10-11H,6-9,12-14H2,1H3/p+2. The van der Waals surface area contributed by atoms with Gasteiger partial charge in [-0.15, -0.1) is 0 Å². The van der Waals surface area contributed by atoms with E-state index in [4.69, 9.17) is 14.2 Å². The van der Waals surface area contributed by atoms with Crippen LogP contribution < -0.4 is 24.0 Å². The number of fused-ring (bicyclic) bond motifs is 1. The highest BCUT2D eigenvalue weighted by Gasteiger charge is 2.25. The molecule has 0 spiro atoms. The Hall–Kier alpha value is -1.76. The summed E-state index contributed by atoms with van der Waals surface area (Å²) in [5.41, 5.74) is 2.66. The Kier molecular flexibility index (Phi) is 5.33. The third kappa shape index (κ3) is 3.98. The van der Waals surface area contributed by atoms with Crippen molar-refractivity contribution in [3.05, 3.63) is 52.0 Å². The molecule has 0 atom stereocenters. The summed E-state index contributed by atoms with van der Waals surface area (Å²) in [5, 5.41) is 0. The molecule has 26 heavy (non-hydrogen) atoms. The van der Waals surface area contributed by atoms with E-state index in [9.17, 15) is 0 Å². The summed E-state index contributed by atoms with van der Waals surface area (Å²) in [7, 11) is 1.68. The van der Waals surface area contributed by atoms with Crippen molar-refractivity contribution in [2.45, 2.75) is 13.1 Å². The molecule has 2 aliphatic heterocycles. The topological polar surface area (TPSA) is 36.6 Å². The number of rotatable bonds is 5. The summed E-state index contributed by atoms with van der Waals surface area (Å²) in [4.78, 5) is 3.28. The fraction of sp³-hybridized carbons (Fsp3) is 0.400. The van der Waals surface area contributed by atoms with Crippen molar-refractivity contribution in [3.8, 4) is 17.2 Å². The highest BCUT2D eigenvalue weighted by Crippen LogP contribution is 2.41. The molecule has 0 aromatic heterocycles. The van der Waals surface area contributed by atoms with Crippen molar-refractivity contribution in [1.29, 1.82) is 0 Å². The Labute approximate surface area is 162 Å². The molecule has 138 valence electrons. The average molecular weight is 421 g/mol. The molecule has 0 unspecified atom stereocenters. The van der Waals surface area contributed by atoms with Gasteiger partial charge in [0, 0.05) is 15.6 Å². The van der Waals surface area contributed by atoms with Crippen LogP contribution in [0.2, 0.25) is 0 Å². The number of halogens is 1. The second kappa shape index (κ2) is 7.86. The van der Waals surface area contributed by atoms with Crippen LogP contribution in [-0.4, -0.2) is 40.1 Å². The number of methoxy groups -OCH3 is 1. The van der Waals surface area contributed by atoms with Crippen LogP contribution >= 0.6 is 15.9 Å². The van der Waals surface area contributed by atoms with Gasteiger partial charge in [-0.1, -0.05) is 28.1 Å². The molecule has 2 aromatic rings. The summed E-state index contributed by atoms with van der Waals surface area (Å²) >= 11 is 3.50. The highest BCUT2D eigenvalue weighted by atomic mass is 79.9. The molecule has 4 rings (SSSR count). The molecule has 0 aliphatic carbocycles. The second-order valence-corrected chi connectivity index (χ2v) is 7.93. The molecule has 2 aromatic carbocycles. The van der Waals surface area contributed by atoms with Crippen molar-refractivity contribution in [2.75, 3.05) is 40.1 Å². The van der Waals surface area contributed by atoms with E-state index in [0.29, 0.717) is 0 Å². The van der Waals surface area contributed by atoms with Crippen molar-refractivity contribution < 1.29 is 24.0 Å². The van der Waals surface area contributed by atoms with E-state index in [1.807, 2.05) is 0 Å². The monoisotopic (exact) mass is 420 g/mol. The predicted molar refractivity (Wildman–Crippen MR) is 102 cm³/mol. The summed E-state index contributed by atoms with van der Waals surface area (Å²) in [5.74, 6) is 2.31. The molecule has 2 heterocycles. The smallest absolute Gasteiger partial charge is 0.231 e. The lowest BCUT2D eigenvalue weighted by Crippen LogP contribution is -3.27. The summed E-state index contributed by atoms with van der Waals surface area (Å²) in [6.07, 6.45) is 0. The van der Waals surface area contributed by atoms with E-state index in [-0.39, 0.29) is 6.79 Å². The first-order valence-electron chi connectivity index (χ1n) is 9.09. The lowest BCUT2D eigenvalue weighted by molar-refractivity contribution is -1.02. The second-order valence-electron chi connectivity index (χ2n) is 7.01. The van der Waals surface area contributed by atoms with Gasteiger partial charge in [-0.05, 0) is 24.3 Å². The Morgan fingerprint density at radius 1 is 0.923 bits per heavy atom. The largest absolute Gasteiger partial charge is 0.493 e. The molecule has 0 saturated carbocycles. The third-order valence-electron chi connectivity index (χ3n) is 5.20. The van der Waals surface area contributed by atoms with E-state index >= 15 is 0 Å². The van der Waals surface area contributed by atoms with Gasteiger partial charge < -0.3 is 24.0 Å². The number of piperazine rings is 1. The minimum absolute atomic E-state index is 0.278. The maximum Gasteiger partial charge on any atom is 0.231 e. The van der Waals surface area contributed by atoms with Gasteiger partial charge in [0.1, 0.15) is 39.3 Å². The van der Waals surface area contributed by atoms with Gasteiger partial charge in [-0.3, -0.25) is 0 Å². The van der Waals surface area contributed by atoms with Gasteiger partial charge in [0.2, 0.25) is 12.5 Å². The summed E-state index contributed by atoms with van der Waals surface area (Å²) in [6, 6.07) is 12.9.